The zero-order chi connectivity index (χ0) is 19.3. The summed E-state index contributed by atoms with van der Waals surface area (Å²) in [5.41, 5.74) is 2.56. The van der Waals surface area contributed by atoms with Crippen molar-refractivity contribution >= 4 is 17.5 Å². The van der Waals surface area contributed by atoms with Gasteiger partial charge in [0.25, 0.3) is 5.91 Å². The number of benzene rings is 2. The van der Waals surface area contributed by atoms with E-state index in [1.807, 2.05) is 53.4 Å². The van der Waals surface area contributed by atoms with Gasteiger partial charge >= 0.3 is 0 Å². The molecule has 1 saturated heterocycles. The van der Waals surface area contributed by atoms with Crippen LogP contribution in [0, 0.1) is 0 Å². The van der Waals surface area contributed by atoms with Crippen molar-refractivity contribution in [1.29, 1.82) is 0 Å². The molecule has 1 amide bonds. The topological polar surface area (TPSA) is 61.4 Å². The van der Waals surface area contributed by atoms with E-state index in [0.29, 0.717) is 18.1 Å². The summed E-state index contributed by atoms with van der Waals surface area (Å²) in [5.74, 6) is 0.439. The van der Waals surface area contributed by atoms with E-state index < -0.39 is 0 Å². The summed E-state index contributed by atoms with van der Waals surface area (Å²) in [6, 6.07) is 19.9. The lowest BCUT2D eigenvalue weighted by atomic mass is 10.0. The second-order valence-electron chi connectivity index (χ2n) is 6.97. The minimum absolute atomic E-state index is 0.0228. The van der Waals surface area contributed by atoms with Gasteiger partial charge in [0.2, 0.25) is 5.95 Å². The molecular formula is C22H23N5O. The first-order valence-corrected chi connectivity index (χ1v) is 9.39. The van der Waals surface area contributed by atoms with Crippen LogP contribution < -0.4 is 5.32 Å². The molecule has 1 aromatic heterocycles. The lowest BCUT2D eigenvalue weighted by Gasteiger charge is -2.40. The Labute approximate surface area is 164 Å². The summed E-state index contributed by atoms with van der Waals surface area (Å²) in [7, 11) is 2.09. The molecule has 1 fully saturated rings. The van der Waals surface area contributed by atoms with Gasteiger partial charge in [-0.1, -0.05) is 48.5 Å². The zero-order valence-electron chi connectivity index (χ0n) is 15.8. The summed E-state index contributed by atoms with van der Waals surface area (Å²) < 4.78 is 0. The number of nitrogens with zero attached hydrogens (tertiary/aromatic N) is 4. The molecule has 4 rings (SSSR count). The van der Waals surface area contributed by atoms with Gasteiger partial charge < -0.3 is 15.1 Å². The maximum atomic E-state index is 13.2. The van der Waals surface area contributed by atoms with Crippen LogP contribution in [-0.4, -0.2) is 52.4 Å². The third-order valence-electron chi connectivity index (χ3n) is 4.96. The highest BCUT2D eigenvalue weighted by molar-refractivity contribution is 5.94. The van der Waals surface area contributed by atoms with E-state index in [-0.39, 0.29) is 11.9 Å². The average Bonchev–Trinajstić information content (AvgIpc) is 2.75. The number of piperazine rings is 1. The number of anilines is 2. The number of nitrogens with one attached hydrogen (secondary N) is 1. The minimum atomic E-state index is -0.0341. The Hall–Kier alpha value is -3.25. The highest BCUT2D eigenvalue weighted by Crippen LogP contribution is 2.26. The number of para-hydroxylation sites is 1. The molecule has 1 N–H and O–H groups in total. The van der Waals surface area contributed by atoms with Crippen LogP contribution in [0.5, 0.6) is 0 Å². The Morgan fingerprint density at radius 1 is 0.964 bits per heavy atom. The summed E-state index contributed by atoms with van der Waals surface area (Å²) >= 11 is 0. The van der Waals surface area contributed by atoms with Crippen LogP contribution in [0.2, 0.25) is 0 Å². The predicted octanol–water partition coefficient (Wildman–Crippen LogP) is 3.35. The molecule has 0 saturated carbocycles. The predicted molar refractivity (Wildman–Crippen MR) is 109 cm³/mol. The quantitative estimate of drug-likeness (QED) is 0.760. The van der Waals surface area contributed by atoms with Crippen LogP contribution in [0.1, 0.15) is 22.0 Å². The Bertz CT molecular complexity index is 915. The second-order valence-corrected chi connectivity index (χ2v) is 6.97. The van der Waals surface area contributed by atoms with Crippen molar-refractivity contribution in [2.24, 2.45) is 0 Å². The maximum Gasteiger partial charge on any atom is 0.257 e. The number of carbonyl (C=O) groups is 1. The van der Waals surface area contributed by atoms with E-state index in [2.05, 4.69) is 39.4 Å². The second kappa shape index (κ2) is 8.19. The van der Waals surface area contributed by atoms with Crippen LogP contribution in [0.25, 0.3) is 0 Å². The molecule has 6 nitrogen and oxygen atoms in total. The first-order valence-electron chi connectivity index (χ1n) is 9.39. The summed E-state index contributed by atoms with van der Waals surface area (Å²) in [4.78, 5) is 26.0. The van der Waals surface area contributed by atoms with Gasteiger partial charge in [0.05, 0.1) is 11.6 Å². The first kappa shape index (κ1) is 18.1. The standard InChI is InChI=1S/C22H23N5O/c1-26-12-13-27(20(16-26)17-8-4-2-5-9-17)21(28)18-14-23-22(24-15-18)25-19-10-6-3-7-11-19/h2-11,14-15,20H,12-13,16H2,1H3,(H,23,24,25)/t20-/m1/s1. The van der Waals surface area contributed by atoms with Crippen molar-refractivity contribution in [2.45, 2.75) is 6.04 Å². The Morgan fingerprint density at radius 2 is 1.61 bits per heavy atom. The molecule has 142 valence electrons. The van der Waals surface area contributed by atoms with E-state index in [1.165, 1.54) is 0 Å². The van der Waals surface area contributed by atoms with Crippen molar-refractivity contribution in [3.05, 3.63) is 84.2 Å². The molecule has 0 spiro atoms. The molecule has 1 atom stereocenters. The minimum Gasteiger partial charge on any atom is -0.329 e. The SMILES string of the molecule is CN1CCN(C(=O)c2cnc(Nc3ccccc3)nc2)[C@@H](c2ccccc2)C1. The van der Waals surface area contributed by atoms with Crippen LogP contribution >= 0.6 is 0 Å². The Kier molecular flexibility index (Phi) is 5.30. The van der Waals surface area contributed by atoms with Gasteiger partial charge in [0, 0.05) is 37.7 Å². The van der Waals surface area contributed by atoms with Gasteiger partial charge in [-0.15, -0.1) is 0 Å². The molecule has 0 unspecified atom stereocenters. The number of likely N-dealkylation sites (N-methyl/N-ethyl adjacent to an activating group) is 1. The van der Waals surface area contributed by atoms with Crippen molar-refractivity contribution in [1.82, 2.24) is 19.8 Å². The number of amides is 1. The summed E-state index contributed by atoms with van der Waals surface area (Å²) in [5, 5.41) is 3.14. The normalized spacial score (nSPS) is 17.3. The molecule has 0 radical (unpaired) electrons. The fourth-order valence-electron chi connectivity index (χ4n) is 3.44. The van der Waals surface area contributed by atoms with E-state index in [4.69, 9.17) is 0 Å². The van der Waals surface area contributed by atoms with Gasteiger partial charge in [-0.3, -0.25) is 4.79 Å². The van der Waals surface area contributed by atoms with Gasteiger partial charge in [-0.2, -0.15) is 0 Å². The lowest BCUT2D eigenvalue weighted by molar-refractivity contribution is 0.0497. The monoisotopic (exact) mass is 373 g/mol. The molecular weight excluding hydrogens is 350 g/mol. The number of aromatic nitrogens is 2. The van der Waals surface area contributed by atoms with E-state index >= 15 is 0 Å². The van der Waals surface area contributed by atoms with Crippen LogP contribution in [0.4, 0.5) is 11.6 Å². The number of carbonyl (C=O) groups excluding carboxylic acids is 1. The van der Waals surface area contributed by atoms with Gasteiger partial charge in [0.15, 0.2) is 0 Å². The molecule has 3 aromatic rings. The van der Waals surface area contributed by atoms with Crippen LogP contribution in [0.15, 0.2) is 73.1 Å². The smallest absolute Gasteiger partial charge is 0.257 e. The Morgan fingerprint density at radius 3 is 2.29 bits per heavy atom. The molecule has 6 heteroatoms. The van der Waals surface area contributed by atoms with Gasteiger partial charge in [-0.05, 0) is 24.7 Å². The van der Waals surface area contributed by atoms with Crippen molar-refractivity contribution in [3.63, 3.8) is 0 Å². The average molecular weight is 373 g/mol. The molecule has 2 heterocycles. The first-order chi connectivity index (χ1) is 13.7. The van der Waals surface area contributed by atoms with Gasteiger partial charge in [-0.25, -0.2) is 9.97 Å². The highest BCUT2D eigenvalue weighted by atomic mass is 16.2. The van der Waals surface area contributed by atoms with Crippen molar-refractivity contribution in [3.8, 4) is 0 Å². The largest absolute Gasteiger partial charge is 0.329 e. The van der Waals surface area contributed by atoms with E-state index in [0.717, 1.165) is 24.3 Å². The fourth-order valence-corrected chi connectivity index (χ4v) is 3.44. The molecule has 1 aliphatic heterocycles. The lowest BCUT2D eigenvalue weighted by Crippen LogP contribution is -2.49. The third kappa shape index (κ3) is 4.02. The number of hydrogen-bond donors (Lipinski definition) is 1. The van der Waals surface area contributed by atoms with Gasteiger partial charge in [0.1, 0.15) is 0 Å². The van der Waals surface area contributed by atoms with Crippen molar-refractivity contribution < 1.29 is 4.79 Å². The van der Waals surface area contributed by atoms with E-state index in [9.17, 15) is 4.79 Å². The fraction of sp³-hybridized carbons (Fsp3) is 0.227. The molecule has 0 bridgehead atoms. The molecule has 28 heavy (non-hydrogen) atoms. The summed E-state index contributed by atoms with van der Waals surface area (Å²) in [6.45, 7) is 2.34. The number of hydrogen-bond acceptors (Lipinski definition) is 5. The number of rotatable bonds is 4. The zero-order valence-corrected chi connectivity index (χ0v) is 15.8. The highest BCUT2D eigenvalue weighted by Gasteiger charge is 2.31. The van der Waals surface area contributed by atoms with E-state index in [1.54, 1.807) is 12.4 Å². The third-order valence-corrected chi connectivity index (χ3v) is 4.96. The van der Waals surface area contributed by atoms with Crippen LogP contribution in [0.3, 0.4) is 0 Å². The Balaban J connectivity index is 1.52. The molecule has 0 aliphatic carbocycles. The molecule has 1 aliphatic rings. The maximum absolute atomic E-state index is 13.2. The van der Waals surface area contributed by atoms with Crippen molar-refractivity contribution in [2.75, 3.05) is 32.0 Å². The molecule has 2 aromatic carbocycles. The summed E-state index contributed by atoms with van der Waals surface area (Å²) in [6.07, 6.45) is 3.20. The van der Waals surface area contributed by atoms with Crippen LogP contribution in [-0.2, 0) is 0 Å².